The molecule has 112 valence electrons. The first-order chi connectivity index (χ1) is 9.99. The number of benzene rings is 2. The first kappa shape index (κ1) is 16.1. The zero-order chi connectivity index (χ0) is 15.4. The van der Waals surface area contributed by atoms with Crippen molar-refractivity contribution >= 4 is 15.9 Å². The Kier molecular flexibility index (Phi) is 5.51. The molecule has 0 fully saturated rings. The molecule has 0 aliphatic heterocycles. The number of hydrogen-bond donors (Lipinski definition) is 2. The molecule has 0 aliphatic rings. The number of nitrogens with one attached hydrogen (secondary N) is 1. The molecule has 2 aromatic rings. The highest BCUT2D eigenvalue weighted by Gasteiger charge is 2.12. The smallest absolute Gasteiger partial charge is 0.124 e. The number of hydrazine groups is 1. The van der Waals surface area contributed by atoms with Crippen molar-refractivity contribution in [1.29, 1.82) is 0 Å². The standard InChI is InChI=1S/C17H20BrFN2/c1-11-3-4-13(7-12(11)2)8-16(21-20)9-14-5-6-15(19)10-17(14)18/h3-7,10,16,21H,8-9,20H2,1-2H3. The van der Waals surface area contributed by atoms with Gasteiger partial charge in [-0.1, -0.05) is 40.2 Å². The summed E-state index contributed by atoms with van der Waals surface area (Å²) in [6.07, 6.45) is 1.58. The highest BCUT2D eigenvalue weighted by molar-refractivity contribution is 9.10. The largest absolute Gasteiger partial charge is 0.271 e. The number of halogens is 2. The van der Waals surface area contributed by atoms with Crippen LogP contribution in [0.15, 0.2) is 40.9 Å². The molecule has 0 aliphatic carbocycles. The predicted molar refractivity (Wildman–Crippen MR) is 88.5 cm³/mol. The van der Waals surface area contributed by atoms with Gasteiger partial charge in [0.15, 0.2) is 0 Å². The Morgan fingerprint density at radius 3 is 2.48 bits per heavy atom. The summed E-state index contributed by atoms with van der Waals surface area (Å²) in [5.41, 5.74) is 7.73. The van der Waals surface area contributed by atoms with Gasteiger partial charge in [-0.15, -0.1) is 0 Å². The van der Waals surface area contributed by atoms with Gasteiger partial charge in [-0.05, 0) is 61.1 Å². The molecular weight excluding hydrogens is 331 g/mol. The molecule has 0 heterocycles. The molecule has 0 aromatic heterocycles. The minimum Gasteiger partial charge on any atom is -0.271 e. The zero-order valence-electron chi connectivity index (χ0n) is 12.3. The van der Waals surface area contributed by atoms with Crippen LogP contribution in [0.5, 0.6) is 0 Å². The summed E-state index contributed by atoms with van der Waals surface area (Å²) >= 11 is 3.40. The van der Waals surface area contributed by atoms with E-state index < -0.39 is 0 Å². The second-order valence-corrected chi connectivity index (χ2v) is 6.28. The molecule has 2 aromatic carbocycles. The van der Waals surface area contributed by atoms with E-state index in [0.717, 1.165) is 22.9 Å². The number of rotatable bonds is 5. The summed E-state index contributed by atoms with van der Waals surface area (Å²) in [5, 5.41) is 0. The Morgan fingerprint density at radius 2 is 1.86 bits per heavy atom. The molecule has 0 bridgehead atoms. The lowest BCUT2D eigenvalue weighted by Gasteiger charge is -2.17. The van der Waals surface area contributed by atoms with E-state index in [9.17, 15) is 4.39 Å². The second kappa shape index (κ2) is 7.16. The monoisotopic (exact) mass is 350 g/mol. The maximum absolute atomic E-state index is 13.1. The number of hydrogen-bond acceptors (Lipinski definition) is 2. The third kappa shape index (κ3) is 4.37. The van der Waals surface area contributed by atoms with Gasteiger partial charge in [0.25, 0.3) is 0 Å². The molecule has 0 saturated carbocycles. The highest BCUT2D eigenvalue weighted by Crippen LogP contribution is 2.21. The van der Waals surface area contributed by atoms with Gasteiger partial charge in [0.05, 0.1) is 0 Å². The van der Waals surface area contributed by atoms with Gasteiger partial charge in [0.2, 0.25) is 0 Å². The van der Waals surface area contributed by atoms with Gasteiger partial charge >= 0.3 is 0 Å². The van der Waals surface area contributed by atoms with Crippen LogP contribution in [0.2, 0.25) is 0 Å². The van der Waals surface area contributed by atoms with Crippen molar-refractivity contribution in [1.82, 2.24) is 5.43 Å². The molecular formula is C17H20BrFN2. The van der Waals surface area contributed by atoms with Gasteiger partial charge in [0, 0.05) is 10.5 Å². The fourth-order valence-corrected chi connectivity index (χ4v) is 2.87. The summed E-state index contributed by atoms with van der Waals surface area (Å²) in [6.45, 7) is 4.22. The fraction of sp³-hybridized carbons (Fsp3) is 0.294. The lowest BCUT2D eigenvalue weighted by molar-refractivity contribution is 0.521. The molecule has 4 heteroatoms. The first-order valence-corrected chi connectivity index (χ1v) is 7.75. The topological polar surface area (TPSA) is 38.0 Å². The van der Waals surface area contributed by atoms with Crippen LogP contribution in [0.3, 0.4) is 0 Å². The summed E-state index contributed by atoms with van der Waals surface area (Å²) < 4.78 is 13.9. The van der Waals surface area contributed by atoms with Crippen LogP contribution in [-0.4, -0.2) is 6.04 Å². The zero-order valence-corrected chi connectivity index (χ0v) is 13.9. The first-order valence-electron chi connectivity index (χ1n) is 6.95. The van der Waals surface area contributed by atoms with Gasteiger partial charge in [0.1, 0.15) is 5.82 Å². The Bertz CT molecular complexity index is 628. The van der Waals surface area contributed by atoms with Crippen LogP contribution in [0.4, 0.5) is 4.39 Å². The minimum atomic E-state index is -0.239. The average molecular weight is 351 g/mol. The lowest BCUT2D eigenvalue weighted by Crippen LogP contribution is -2.38. The highest BCUT2D eigenvalue weighted by atomic mass is 79.9. The Hall–Kier alpha value is -1.23. The summed E-state index contributed by atoms with van der Waals surface area (Å²) in [6, 6.07) is 11.3. The Morgan fingerprint density at radius 1 is 1.10 bits per heavy atom. The average Bonchev–Trinajstić information content (AvgIpc) is 2.44. The van der Waals surface area contributed by atoms with Crippen LogP contribution in [0.25, 0.3) is 0 Å². The van der Waals surface area contributed by atoms with Gasteiger partial charge in [-0.25, -0.2) is 4.39 Å². The minimum absolute atomic E-state index is 0.105. The summed E-state index contributed by atoms with van der Waals surface area (Å²) in [5.74, 6) is 5.44. The van der Waals surface area contributed by atoms with Crippen LogP contribution >= 0.6 is 15.9 Å². The van der Waals surface area contributed by atoms with E-state index >= 15 is 0 Å². The normalized spacial score (nSPS) is 12.4. The van der Waals surface area contributed by atoms with Crippen molar-refractivity contribution in [3.8, 4) is 0 Å². The second-order valence-electron chi connectivity index (χ2n) is 5.43. The van der Waals surface area contributed by atoms with Crippen molar-refractivity contribution in [3.63, 3.8) is 0 Å². The van der Waals surface area contributed by atoms with Crippen molar-refractivity contribution in [2.45, 2.75) is 32.7 Å². The lowest BCUT2D eigenvalue weighted by atomic mass is 9.97. The molecule has 2 rings (SSSR count). The van der Waals surface area contributed by atoms with E-state index in [4.69, 9.17) is 5.84 Å². The van der Waals surface area contributed by atoms with Crippen molar-refractivity contribution < 1.29 is 4.39 Å². The maximum Gasteiger partial charge on any atom is 0.124 e. The molecule has 21 heavy (non-hydrogen) atoms. The molecule has 2 nitrogen and oxygen atoms in total. The molecule has 3 N–H and O–H groups in total. The summed E-state index contributed by atoms with van der Waals surface area (Å²) in [4.78, 5) is 0. The molecule has 0 radical (unpaired) electrons. The maximum atomic E-state index is 13.1. The van der Waals surface area contributed by atoms with Crippen molar-refractivity contribution in [2.75, 3.05) is 0 Å². The molecule has 0 amide bonds. The van der Waals surface area contributed by atoms with E-state index in [1.54, 1.807) is 6.07 Å². The fourth-order valence-electron chi connectivity index (χ4n) is 2.36. The van der Waals surface area contributed by atoms with E-state index in [-0.39, 0.29) is 11.9 Å². The van der Waals surface area contributed by atoms with E-state index in [1.165, 1.54) is 28.8 Å². The van der Waals surface area contributed by atoms with Crippen LogP contribution < -0.4 is 11.3 Å². The molecule has 0 saturated heterocycles. The van der Waals surface area contributed by atoms with Crippen LogP contribution in [-0.2, 0) is 12.8 Å². The van der Waals surface area contributed by atoms with E-state index in [1.807, 2.05) is 0 Å². The van der Waals surface area contributed by atoms with Gasteiger partial charge in [-0.3, -0.25) is 11.3 Å². The molecule has 1 atom stereocenters. The van der Waals surface area contributed by atoms with Gasteiger partial charge < -0.3 is 0 Å². The molecule has 0 spiro atoms. The van der Waals surface area contributed by atoms with Crippen molar-refractivity contribution in [2.24, 2.45) is 5.84 Å². The van der Waals surface area contributed by atoms with Crippen LogP contribution in [0, 0.1) is 19.7 Å². The van der Waals surface area contributed by atoms with E-state index in [2.05, 4.69) is 53.4 Å². The summed E-state index contributed by atoms with van der Waals surface area (Å²) in [7, 11) is 0. The third-order valence-corrected chi connectivity index (χ3v) is 4.51. The number of aryl methyl sites for hydroxylation is 2. The Labute approximate surface area is 133 Å². The van der Waals surface area contributed by atoms with Crippen molar-refractivity contribution in [3.05, 3.63) is 68.9 Å². The van der Waals surface area contributed by atoms with E-state index in [0.29, 0.717) is 0 Å². The van der Waals surface area contributed by atoms with Gasteiger partial charge in [-0.2, -0.15) is 0 Å². The SMILES string of the molecule is Cc1ccc(CC(Cc2ccc(F)cc2Br)NN)cc1C. The molecule has 1 unspecified atom stereocenters. The Balaban J connectivity index is 2.10. The quantitative estimate of drug-likeness (QED) is 0.635. The third-order valence-electron chi connectivity index (χ3n) is 3.77. The predicted octanol–water partition coefficient (Wildman–Crippen LogP) is 3.82. The number of nitrogens with two attached hydrogens (primary N) is 1. The van der Waals surface area contributed by atoms with Crippen LogP contribution in [0.1, 0.15) is 22.3 Å².